The number of hydrazine groups is 1. The van der Waals surface area contributed by atoms with Gasteiger partial charge in [0.05, 0.1) is 54.9 Å². The van der Waals surface area contributed by atoms with Crippen molar-refractivity contribution in [2.45, 2.75) is 160 Å². The van der Waals surface area contributed by atoms with Gasteiger partial charge in [-0.3, -0.25) is 53.6 Å². The maximum atomic E-state index is 15.8. The number of carbonyl (C=O) groups excluding carboxylic acids is 8. The zero-order valence-electron chi connectivity index (χ0n) is 46.7. The lowest BCUT2D eigenvalue weighted by molar-refractivity contribution is -0.144. The SMILES string of the molecule is CC[C@@H](C)[C@H](NC(=O)[C@H](Cc1c[nH]c2ccccc12)NC1CCC(C(=O)[C@H](CCC(=O)O)NC(=O)[C@@H](N)Cc2c[nH]c3ccccc23)N2CCC[C@H]2C(=O)N[C@@H](Cc2ccc(O)cc2)C(=O)N(CC=O)N[C@@H](CC(C)C)C1=O)C(C)=O. The second kappa shape index (κ2) is 28.2. The number of aromatic nitrogens is 2. The van der Waals surface area contributed by atoms with Gasteiger partial charge in [-0.1, -0.05) is 82.6 Å². The zero-order valence-corrected chi connectivity index (χ0v) is 46.7. The third-order valence-electron chi connectivity index (χ3n) is 15.8. The highest BCUT2D eigenvalue weighted by Gasteiger charge is 2.44. The first kappa shape index (κ1) is 61.0. The highest BCUT2D eigenvalue weighted by Crippen LogP contribution is 2.28. The first-order valence-electron chi connectivity index (χ1n) is 28.1. The number of H-pyrrole nitrogens is 2. The van der Waals surface area contributed by atoms with Crippen LogP contribution in [0, 0.1) is 11.8 Å². The van der Waals surface area contributed by atoms with Crippen LogP contribution in [0.5, 0.6) is 5.75 Å². The largest absolute Gasteiger partial charge is 0.508 e. The number of Topliss-reactive ketones (excluding diaryl/α,β-unsaturated/α-hetero) is 3. The van der Waals surface area contributed by atoms with Gasteiger partial charge >= 0.3 is 5.97 Å². The van der Waals surface area contributed by atoms with Crippen LogP contribution in [-0.4, -0.2) is 151 Å². The van der Waals surface area contributed by atoms with Crippen LogP contribution in [0.2, 0.25) is 0 Å². The number of hydrogen-bond donors (Lipinski definition) is 10. The van der Waals surface area contributed by atoms with Crippen molar-refractivity contribution in [3.05, 3.63) is 102 Å². The van der Waals surface area contributed by atoms with E-state index in [9.17, 15) is 43.8 Å². The number of carboxylic acid groups (broad SMARTS) is 1. The van der Waals surface area contributed by atoms with E-state index in [0.717, 1.165) is 32.4 Å². The summed E-state index contributed by atoms with van der Waals surface area (Å²) in [6.07, 6.45) is 4.03. The fourth-order valence-electron chi connectivity index (χ4n) is 11.3. The number of carbonyl (C=O) groups is 9. The lowest BCUT2D eigenvalue weighted by Crippen LogP contribution is -2.63. The first-order valence-corrected chi connectivity index (χ1v) is 28.1. The maximum Gasteiger partial charge on any atom is 0.303 e. The fourth-order valence-corrected chi connectivity index (χ4v) is 11.3. The standard InChI is InChI=1S/C60H78N10O11/c1-6-35(4)54(36(5)72)67-58(79)49(31-39-33-63-45-15-10-8-13-42(39)45)64-46-21-23-51(56(77)47(22-24-53(74)75)65-57(78)43(61)30-38-32-62-44-14-9-7-12-41(38)44)69-25-11-16-52(69)59(80)66-50(29-37-17-19-40(73)20-18-37)60(81)70(26-27-71)68-48(55(46)76)28-34(2)3/h7-10,12-15,17-20,27,32-35,43,46-52,54,62-64,68,73H,6,11,16,21-26,28-31,61H2,1-5H3,(H,65,78)(H,66,80)(H,67,79)(H,74,75)/t35-,43+,46?,47+,48+,49+,50+,51?,52+,54+/m1/s1. The number of benzene rings is 3. The number of amides is 4. The molecular weight excluding hydrogens is 1040 g/mol. The molecule has 0 radical (unpaired) electrons. The van der Waals surface area contributed by atoms with Crippen LogP contribution in [0.25, 0.3) is 21.8 Å². The minimum Gasteiger partial charge on any atom is -0.508 e. The summed E-state index contributed by atoms with van der Waals surface area (Å²) in [5.74, 6) is -5.87. The topological polar surface area (TPSA) is 318 Å². The van der Waals surface area contributed by atoms with E-state index in [1.807, 2.05) is 76.2 Å². The summed E-state index contributed by atoms with van der Waals surface area (Å²) < 4.78 is 0. The maximum absolute atomic E-state index is 15.8. The predicted molar refractivity (Wildman–Crippen MR) is 304 cm³/mol. The lowest BCUT2D eigenvalue weighted by Gasteiger charge is -2.38. The number of phenolic OH excluding ortho intramolecular Hbond substituents is 1. The number of nitrogens with zero attached hydrogens (tertiary/aromatic N) is 2. The number of hydrogen-bond acceptors (Lipinski definition) is 14. The molecule has 0 bridgehead atoms. The van der Waals surface area contributed by atoms with E-state index in [0.29, 0.717) is 30.3 Å². The number of para-hydroxylation sites is 2. The highest BCUT2D eigenvalue weighted by molar-refractivity contribution is 5.97. The number of aliphatic carboxylic acids is 1. The molecule has 434 valence electrons. The summed E-state index contributed by atoms with van der Waals surface area (Å²) in [6, 6.07) is 10.1. The van der Waals surface area contributed by atoms with Crippen LogP contribution >= 0.6 is 0 Å². The Kier molecular flexibility index (Phi) is 21.3. The summed E-state index contributed by atoms with van der Waals surface area (Å²) in [4.78, 5) is 137. The molecular formula is C60H78N10O11. The normalized spacial score (nSPS) is 21.3. The molecule has 21 nitrogen and oxygen atoms in total. The summed E-state index contributed by atoms with van der Waals surface area (Å²) >= 11 is 0. The molecule has 3 aromatic carbocycles. The van der Waals surface area contributed by atoms with Crippen LogP contribution in [0.4, 0.5) is 0 Å². The quantitative estimate of drug-likeness (QED) is 0.0394. The molecule has 0 spiro atoms. The van der Waals surface area contributed by atoms with Crippen LogP contribution in [-0.2, 0) is 62.4 Å². The van der Waals surface area contributed by atoms with Crippen LogP contribution in [0.1, 0.15) is 103 Å². The van der Waals surface area contributed by atoms with E-state index >= 15 is 9.59 Å². The number of nitrogens with two attached hydrogens (primary N) is 1. The van der Waals surface area contributed by atoms with Crippen molar-refractivity contribution in [3.8, 4) is 5.75 Å². The van der Waals surface area contributed by atoms with E-state index in [1.54, 1.807) is 29.4 Å². The number of phenols is 1. The molecule has 2 aromatic heterocycles. The molecule has 4 amide bonds. The Hall–Kier alpha value is -7.59. The average Bonchev–Trinajstić information content (AvgIpc) is 4.23. The van der Waals surface area contributed by atoms with E-state index in [2.05, 4.69) is 36.7 Å². The molecule has 2 saturated heterocycles. The molecule has 7 rings (SSSR count). The Morgan fingerprint density at radius 1 is 0.815 bits per heavy atom. The van der Waals surface area contributed by atoms with E-state index < -0.39 is 109 Å². The highest BCUT2D eigenvalue weighted by atomic mass is 16.4. The Bertz CT molecular complexity index is 3050. The Morgan fingerprint density at radius 3 is 2.06 bits per heavy atom. The van der Waals surface area contributed by atoms with Crippen molar-refractivity contribution in [2.75, 3.05) is 13.1 Å². The molecule has 0 aliphatic carbocycles. The van der Waals surface area contributed by atoms with Crippen molar-refractivity contribution < 1.29 is 53.4 Å². The van der Waals surface area contributed by atoms with E-state index in [-0.39, 0.29) is 81.3 Å². The molecule has 21 heteroatoms. The monoisotopic (exact) mass is 1110 g/mol. The minimum atomic E-state index is -1.45. The van der Waals surface area contributed by atoms with Gasteiger partial charge in [0.25, 0.3) is 5.91 Å². The van der Waals surface area contributed by atoms with Crippen molar-refractivity contribution in [3.63, 3.8) is 0 Å². The second-order valence-electron chi connectivity index (χ2n) is 22.1. The minimum absolute atomic E-state index is 0.0144. The number of fused-ring (bicyclic) bond motifs is 3. The van der Waals surface area contributed by atoms with Crippen molar-refractivity contribution in [1.82, 2.24) is 46.6 Å². The zero-order chi connectivity index (χ0) is 58.5. The molecule has 4 heterocycles. The summed E-state index contributed by atoms with van der Waals surface area (Å²) in [5, 5.41) is 34.8. The molecule has 2 unspecified atom stereocenters. The number of carboxylic acids is 1. The second-order valence-corrected chi connectivity index (χ2v) is 22.1. The fraction of sp³-hybridized carbons (Fsp3) is 0.483. The van der Waals surface area contributed by atoms with Crippen LogP contribution in [0.15, 0.2) is 85.2 Å². The smallest absolute Gasteiger partial charge is 0.303 e. The van der Waals surface area contributed by atoms with Gasteiger partial charge in [0.2, 0.25) is 17.7 Å². The van der Waals surface area contributed by atoms with Gasteiger partial charge in [-0.2, -0.15) is 0 Å². The summed E-state index contributed by atoms with van der Waals surface area (Å²) in [7, 11) is 0. The van der Waals surface area contributed by atoms with Gasteiger partial charge in [0.15, 0.2) is 17.3 Å². The van der Waals surface area contributed by atoms with Crippen molar-refractivity contribution in [2.24, 2.45) is 17.6 Å². The lowest BCUT2D eigenvalue weighted by atomic mass is 9.89. The number of aromatic amines is 2. The van der Waals surface area contributed by atoms with Gasteiger partial charge in [-0.05, 0) is 118 Å². The number of aldehydes is 1. The van der Waals surface area contributed by atoms with Crippen molar-refractivity contribution >= 4 is 75.0 Å². The first-order chi connectivity index (χ1) is 38.8. The summed E-state index contributed by atoms with van der Waals surface area (Å²) in [5.41, 5.74) is 13.2. The molecule has 2 aliphatic rings. The van der Waals surface area contributed by atoms with E-state index in [1.165, 1.54) is 19.1 Å². The van der Waals surface area contributed by atoms with Crippen LogP contribution in [0.3, 0.4) is 0 Å². The number of nitrogens with one attached hydrogen (secondary N) is 7. The molecule has 2 fully saturated rings. The molecule has 5 aromatic rings. The Morgan fingerprint density at radius 2 is 1.46 bits per heavy atom. The number of aromatic hydroxyl groups is 1. The van der Waals surface area contributed by atoms with E-state index in [4.69, 9.17) is 5.73 Å². The molecule has 2 aliphatic heterocycles. The average molecular weight is 1120 g/mol. The summed E-state index contributed by atoms with van der Waals surface area (Å²) in [6.45, 7) is 8.53. The predicted octanol–water partition coefficient (Wildman–Crippen LogP) is 3.70. The molecule has 11 N–H and O–H groups in total. The van der Waals surface area contributed by atoms with Gasteiger partial charge in [-0.15, -0.1) is 0 Å². The van der Waals surface area contributed by atoms with Gasteiger partial charge in [-0.25, -0.2) is 5.43 Å². The van der Waals surface area contributed by atoms with Gasteiger partial charge in [0, 0.05) is 47.0 Å². The van der Waals surface area contributed by atoms with Crippen LogP contribution < -0.4 is 32.4 Å². The third-order valence-corrected chi connectivity index (χ3v) is 15.8. The number of ketones is 3. The van der Waals surface area contributed by atoms with Crippen molar-refractivity contribution in [1.29, 1.82) is 0 Å². The Balaban J connectivity index is 1.34. The molecule has 10 atom stereocenters. The third kappa shape index (κ3) is 15.7. The van der Waals surface area contributed by atoms with Gasteiger partial charge in [0.1, 0.15) is 18.1 Å². The number of rotatable bonds is 24. The van der Waals surface area contributed by atoms with Gasteiger partial charge < -0.3 is 46.7 Å². The molecule has 81 heavy (non-hydrogen) atoms. The Labute approximate surface area is 471 Å². The molecule has 0 saturated carbocycles.